The molecule has 0 aliphatic carbocycles. The summed E-state index contributed by atoms with van der Waals surface area (Å²) in [5.74, 6) is 0. The summed E-state index contributed by atoms with van der Waals surface area (Å²) in [6.45, 7) is 5.22. The van der Waals surface area contributed by atoms with Gasteiger partial charge in [0, 0.05) is 17.3 Å². The lowest BCUT2D eigenvalue weighted by molar-refractivity contribution is 0.556. The Morgan fingerprint density at radius 1 is 1.39 bits per heavy atom. The number of hydrogen-bond acceptors (Lipinski definition) is 5. The van der Waals surface area contributed by atoms with Gasteiger partial charge in [-0.1, -0.05) is 18.3 Å². The van der Waals surface area contributed by atoms with Crippen molar-refractivity contribution in [3.63, 3.8) is 0 Å². The molecule has 0 radical (unpaired) electrons. The first-order valence-electron chi connectivity index (χ1n) is 6.03. The lowest BCUT2D eigenvalue weighted by Crippen LogP contribution is -2.22. The Kier molecular flexibility index (Phi) is 5.29. The third kappa shape index (κ3) is 3.38. The molecule has 2 aromatic rings. The molecule has 0 bridgehead atoms. The highest BCUT2D eigenvalue weighted by Crippen LogP contribution is 2.29. The molecule has 0 amide bonds. The summed E-state index contributed by atoms with van der Waals surface area (Å²) in [5, 5.41) is 7.75. The van der Waals surface area contributed by atoms with Crippen molar-refractivity contribution in [1.82, 2.24) is 14.9 Å². The smallest absolute Gasteiger partial charge is 0.0801 e. The number of aryl methyl sites for hydroxylation is 1. The van der Waals surface area contributed by atoms with E-state index in [9.17, 15) is 0 Å². The van der Waals surface area contributed by atoms with Crippen molar-refractivity contribution < 1.29 is 0 Å². The number of aromatic nitrogens is 2. The molecule has 0 aliphatic rings. The summed E-state index contributed by atoms with van der Waals surface area (Å²) in [6, 6.07) is 4.61. The van der Waals surface area contributed by atoms with E-state index in [4.69, 9.17) is 0 Å². The Labute approximate surface area is 124 Å². The van der Waals surface area contributed by atoms with E-state index < -0.39 is 0 Å². The fourth-order valence-electron chi connectivity index (χ4n) is 1.89. The Bertz CT molecular complexity index is 495. The van der Waals surface area contributed by atoms with E-state index in [2.05, 4.69) is 56.8 Å². The van der Waals surface area contributed by atoms with E-state index >= 15 is 0 Å². The predicted molar refractivity (Wildman–Crippen MR) is 81.4 cm³/mol. The molecule has 98 valence electrons. The average Bonchev–Trinajstić information content (AvgIpc) is 2.97. The van der Waals surface area contributed by atoms with Crippen LogP contribution in [0, 0.1) is 0 Å². The zero-order valence-electron chi connectivity index (χ0n) is 10.4. The van der Waals surface area contributed by atoms with Gasteiger partial charge < -0.3 is 5.32 Å². The van der Waals surface area contributed by atoms with Crippen molar-refractivity contribution >= 4 is 38.8 Å². The van der Waals surface area contributed by atoms with Gasteiger partial charge in [-0.25, -0.2) is 0 Å². The van der Waals surface area contributed by atoms with E-state index in [-0.39, 0.29) is 0 Å². The van der Waals surface area contributed by atoms with Gasteiger partial charge in [-0.2, -0.15) is 0 Å². The second-order valence-corrected chi connectivity index (χ2v) is 7.29. The Hall–Kier alpha value is -0.300. The van der Waals surface area contributed by atoms with Crippen LogP contribution in [-0.2, 0) is 12.8 Å². The molecule has 2 heterocycles. The van der Waals surface area contributed by atoms with Crippen LogP contribution in [0.5, 0.6) is 0 Å². The van der Waals surface area contributed by atoms with Gasteiger partial charge in [0.1, 0.15) is 0 Å². The number of likely N-dealkylation sites (N-methyl/N-ethyl adjacent to an activating group) is 1. The van der Waals surface area contributed by atoms with Crippen LogP contribution in [0.3, 0.4) is 0 Å². The third-order valence-corrected chi connectivity index (χ3v) is 5.25. The zero-order chi connectivity index (χ0) is 13.0. The molecule has 1 unspecified atom stereocenters. The molecule has 6 heteroatoms. The summed E-state index contributed by atoms with van der Waals surface area (Å²) in [5.41, 5.74) is 1.13. The first-order chi connectivity index (χ1) is 8.74. The summed E-state index contributed by atoms with van der Waals surface area (Å²) < 4.78 is 5.27. The standard InChI is InChI=1S/C12H16BrN3S2/c1-3-9-12(18-16-15-9)10(14-4-2)7-8-5-6-11(13)17-8/h5-6,10,14H,3-4,7H2,1-2H3. The minimum Gasteiger partial charge on any atom is -0.309 e. The van der Waals surface area contributed by atoms with E-state index in [1.165, 1.54) is 25.1 Å². The fraction of sp³-hybridized carbons (Fsp3) is 0.500. The second-order valence-electron chi connectivity index (χ2n) is 3.96. The monoisotopic (exact) mass is 345 g/mol. The number of rotatable bonds is 6. The van der Waals surface area contributed by atoms with Crippen molar-refractivity contribution in [3.8, 4) is 0 Å². The highest BCUT2D eigenvalue weighted by molar-refractivity contribution is 9.11. The lowest BCUT2D eigenvalue weighted by atomic mass is 10.1. The van der Waals surface area contributed by atoms with E-state index in [1.54, 1.807) is 11.3 Å². The van der Waals surface area contributed by atoms with Crippen LogP contribution in [0.25, 0.3) is 0 Å². The van der Waals surface area contributed by atoms with Crippen LogP contribution in [0.15, 0.2) is 15.9 Å². The fourth-order valence-corrected chi connectivity index (χ4v) is 4.23. The third-order valence-electron chi connectivity index (χ3n) is 2.72. The predicted octanol–water partition coefficient (Wildman–Crippen LogP) is 3.82. The van der Waals surface area contributed by atoms with Crippen LogP contribution in [-0.4, -0.2) is 16.1 Å². The SMILES string of the molecule is CCNC(Cc1ccc(Br)s1)c1snnc1CC. The van der Waals surface area contributed by atoms with Crippen LogP contribution in [0.2, 0.25) is 0 Å². The number of nitrogens with one attached hydrogen (secondary N) is 1. The molecule has 0 aromatic carbocycles. The molecule has 1 N–H and O–H groups in total. The highest BCUT2D eigenvalue weighted by Gasteiger charge is 2.18. The summed E-state index contributed by atoms with van der Waals surface area (Å²) in [6.07, 6.45) is 1.95. The molecule has 2 rings (SSSR count). The van der Waals surface area contributed by atoms with Crippen LogP contribution in [0.1, 0.15) is 35.3 Å². The molecule has 2 aromatic heterocycles. The van der Waals surface area contributed by atoms with Crippen LogP contribution >= 0.6 is 38.8 Å². The number of nitrogens with zero attached hydrogens (tertiary/aromatic N) is 2. The van der Waals surface area contributed by atoms with Gasteiger partial charge >= 0.3 is 0 Å². The van der Waals surface area contributed by atoms with Crippen molar-refractivity contribution in [1.29, 1.82) is 0 Å². The number of halogens is 1. The Morgan fingerprint density at radius 3 is 2.83 bits per heavy atom. The topological polar surface area (TPSA) is 37.8 Å². The van der Waals surface area contributed by atoms with E-state index in [0.29, 0.717) is 6.04 Å². The first kappa shape index (κ1) is 14.1. The first-order valence-corrected chi connectivity index (χ1v) is 8.41. The van der Waals surface area contributed by atoms with E-state index in [1.807, 2.05) is 0 Å². The highest BCUT2D eigenvalue weighted by atomic mass is 79.9. The maximum absolute atomic E-state index is 4.21. The Morgan fingerprint density at radius 2 is 2.22 bits per heavy atom. The second kappa shape index (κ2) is 6.75. The lowest BCUT2D eigenvalue weighted by Gasteiger charge is -2.15. The van der Waals surface area contributed by atoms with Gasteiger partial charge in [0.25, 0.3) is 0 Å². The van der Waals surface area contributed by atoms with Crippen molar-refractivity contribution in [2.45, 2.75) is 32.7 Å². The van der Waals surface area contributed by atoms with Crippen molar-refractivity contribution in [3.05, 3.63) is 31.4 Å². The maximum Gasteiger partial charge on any atom is 0.0801 e. The molecule has 18 heavy (non-hydrogen) atoms. The number of thiophene rings is 1. The van der Waals surface area contributed by atoms with Crippen molar-refractivity contribution in [2.24, 2.45) is 0 Å². The van der Waals surface area contributed by atoms with Gasteiger partial charge in [-0.05, 0) is 52.6 Å². The van der Waals surface area contributed by atoms with Crippen LogP contribution < -0.4 is 5.32 Å². The Balaban J connectivity index is 2.17. The molecule has 1 atom stereocenters. The molecule has 0 saturated carbocycles. The van der Waals surface area contributed by atoms with E-state index in [0.717, 1.165) is 25.1 Å². The van der Waals surface area contributed by atoms with Crippen molar-refractivity contribution in [2.75, 3.05) is 6.54 Å². The van der Waals surface area contributed by atoms with Gasteiger partial charge in [0.2, 0.25) is 0 Å². The molecule has 0 spiro atoms. The molecule has 3 nitrogen and oxygen atoms in total. The molecular weight excluding hydrogens is 330 g/mol. The molecule has 0 aliphatic heterocycles. The summed E-state index contributed by atoms with van der Waals surface area (Å²) in [4.78, 5) is 2.66. The quantitative estimate of drug-likeness (QED) is 0.864. The largest absolute Gasteiger partial charge is 0.309 e. The molecule has 0 fully saturated rings. The number of hydrogen-bond donors (Lipinski definition) is 1. The van der Waals surface area contributed by atoms with Gasteiger partial charge in [-0.3, -0.25) is 0 Å². The molecule has 0 saturated heterocycles. The minimum atomic E-state index is 0.329. The van der Waals surface area contributed by atoms with Gasteiger partial charge in [0.05, 0.1) is 14.4 Å². The summed E-state index contributed by atoms with van der Waals surface area (Å²) in [7, 11) is 0. The minimum absolute atomic E-state index is 0.329. The maximum atomic E-state index is 4.21. The average molecular weight is 346 g/mol. The summed E-state index contributed by atoms with van der Waals surface area (Å²) >= 11 is 6.82. The van der Waals surface area contributed by atoms with Crippen LogP contribution in [0.4, 0.5) is 0 Å². The van der Waals surface area contributed by atoms with Gasteiger partial charge in [-0.15, -0.1) is 16.4 Å². The molecular formula is C12H16BrN3S2. The van der Waals surface area contributed by atoms with Gasteiger partial charge in [0.15, 0.2) is 0 Å². The zero-order valence-corrected chi connectivity index (χ0v) is 13.7. The normalized spacial score (nSPS) is 12.8.